The van der Waals surface area contributed by atoms with Gasteiger partial charge < -0.3 is 23.7 Å². The zero-order chi connectivity index (χ0) is 30.1. The van der Waals surface area contributed by atoms with Gasteiger partial charge in [-0.2, -0.15) is 11.8 Å². The summed E-state index contributed by atoms with van der Waals surface area (Å²) in [5, 5.41) is 0.175. The van der Waals surface area contributed by atoms with E-state index in [9.17, 15) is 14.4 Å². The molecule has 0 bridgehead atoms. The fourth-order valence-corrected chi connectivity index (χ4v) is 9.52. The normalized spacial score (nSPS) is 28.5. The summed E-state index contributed by atoms with van der Waals surface area (Å²) in [5.74, 6) is 0.661. The van der Waals surface area contributed by atoms with Crippen LogP contribution >= 0.6 is 11.8 Å². The second-order valence-corrected chi connectivity index (χ2v) is 19.3. The first-order chi connectivity index (χ1) is 19.3. The molecule has 2 saturated heterocycles. The van der Waals surface area contributed by atoms with E-state index in [2.05, 4.69) is 47.0 Å². The van der Waals surface area contributed by atoms with Gasteiger partial charge in [0.2, 0.25) is 5.91 Å². The van der Waals surface area contributed by atoms with Crippen LogP contribution in [0.2, 0.25) is 18.1 Å². The summed E-state index contributed by atoms with van der Waals surface area (Å²) >= 11 is 1.86. The smallest absolute Gasteiger partial charge is 0.410 e. The highest BCUT2D eigenvalue weighted by atomic mass is 32.2. The summed E-state index contributed by atoms with van der Waals surface area (Å²) in [6, 6.07) is -0.0615. The molecular weight excluding hydrogens is 557 g/mol. The molecule has 10 heteroatoms. The van der Waals surface area contributed by atoms with Crippen LogP contribution in [0.25, 0.3) is 0 Å². The van der Waals surface area contributed by atoms with Gasteiger partial charge in [-0.1, -0.05) is 52.5 Å². The second kappa shape index (κ2) is 12.7. The fourth-order valence-electron chi connectivity index (χ4n) is 6.51. The number of thioether (sulfide) groups is 1. The van der Waals surface area contributed by atoms with Crippen LogP contribution in [0.1, 0.15) is 53.4 Å². The molecule has 0 spiro atoms. The van der Waals surface area contributed by atoms with Crippen molar-refractivity contribution in [1.82, 2.24) is 9.80 Å². The zero-order valence-corrected chi connectivity index (χ0v) is 27.5. The van der Waals surface area contributed by atoms with Gasteiger partial charge in [0, 0.05) is 24.3 Å². The number of hydrogen-bond donors (Lipinski definition) is 0. The van der Waals surface area contributed by atoms with Crippen molar-refractivity contribution in [3.05, 3.63) is 36.6 Å². The highest BCUT2D eigenvalue weighted by Crippen LogP contribution is 2.55. The van der Waals surface area contributed by atoms with Gasteiger partial charge in [-0.25, -0.2) is 9.59 Å². The molecule has 0 aromatic rings. The van der Waals surface area contributed by atoms with Crippen molar-refractivity contribution in [2.24, 2.45) is 17.8 Å². The molecule has 0 aromatic heterocycles. The largest absolute Gasteiger partial charge is 0.457 e. The van der Waals surface area contributed by atoms with Crippen molar-refractivity contribution in [3.63, 3.8) is 0 Å². The number of ether oxygens (including phenoxy) is 2. The number of carbonyl (C=O) groups excluding carboxylic acids is 3. The molecule has 2 amide bonds. The number of carbonyl (C=O) groups is 3. The van der Waals surface area contributed by atoms with Crippen molar-refractivity contribution in [2.75, 3.05) is 32.1 Å². The van der Waals surface area contributed by atoms with Gasteiger partial charge >= 0.3 is 12.1 Å². The van der Waals surface area contributed by atoms with E-state index >= 15 is 0 Å². The fraction of sp³-hybridized carbons (Fsp3) is 0.710. The maximum Gasteiger partial charge on any atom is 0.410 e. The summed E-state index contributed by atoms with van der Waals surface area (Å²) in [7, 11) is -2.08. The predicted octanol–water partition coefficient (Wildman–Crippen LogP) is 5.77. The maximum atomic E-state index is 13.7. The lowest BCUT2D eigenvalue weighted by atomic mass is 9.72. The Morgan fingerprint density at radius 2 is 1.80 bits per heavy atom. The van der Waals surface area contributed by atoms with Gasteiger partial charge in [-0.15, -0.1) is 0 Å². The van der Waals surface area contributed by atoms with Gasteiger partial charge in [-0.05, 0) is 61.6 Å². The van der Waals surface area contributed by atoms with Crippen LogP contribution in [-0.4, -0.2) is 85.5 Å². The van der Waals surface area contributed by atoms with Crippen molar-refractivity contribution in [1.29, 1.82) is 0 Å². The molecule has 0 aromatic carbocycles. The molecule has 0 N–H and O–H groups in total. The Balaban J connectivity index is 1.51. The van der Waals surface area contributed by atoms with E-state index in [1.54, 1.807) is 22.0 Å². The van der Waals surface area contributed by atoms with Crippen LogP contribution in [-0.2, 0) is 23.5 Å². The molecule has 3 heterocycles. The molecule has 1 aliphatic carbocycles. The van der Waals surface area contributed by atoms with Crippen molar-refractivity contribution >= 4 is 38.0 Å². The second-order valence-electron chi connectivity index (χ2n) is 13.3. The average molecular weight is 605 g/mol. The lowest BCUT2D eigenvalue weighted by Crippen LogP contribution is -2.65. The number of likely N-dealkylation sites (tertiary alicyclic amines) is 1. The van der Waals surface area contributed by atoms with Gasteiger partial charge in [0.15, 0.2) is 8.32 Å². The third-order valence-electron chi connectivity index (χ3n) is 9.56. The highest BCUT2D eigenvalue weighted by molar-refractivity contribution is 8.00. The lowest BCUT2D eigenvalue weighted by molar-refractivity contribution is -0.163. The molecule has 3 aliphatic heterocycles. The summed E-state index contributed by atoms with van der Waals surface area (Å²) in [6.45, 7) is 22.1. The van der Waals surface area contributed by atoms with Crippen LogP contribution < -0.4 is 0 Å². The van der Waals surface area contributed by atoms with E-state index < -0.39 is 14.3 Å². The van der Waals surface area contributed by atoms with E-state index in [0.29, 0.717) is 24.7 Å². The number of rotatable bonds is 11. The Kier molecular flexibility index (Phi) is 9.86. The first kappa shape index (κ1) is 31.9. The third-order valence-corrected chi connectivity index (χ3v) is 15.7. The standard InChI is InChI=1S/C31H48N2O6SSi/c1-9-16-37-29(35)27-25-22(26-24(28(34)33(26)27)20(3)39-41(7,8)31(4,5)6)12-11-13-23(25)40-19-21-14-15-32(18-21)30(36)38-17-10-2/h9-10,20-24,26H,1-2,11-19H2,3-8H3/t20-,21-,22-,23+,24-,26-/m1/s1. The highest BCUT2D eigenvalue weighted by Gasteiger charge is 2.63. The van der Waals surface area contributed by atoms with Crippen LogP contribution in [0.5, 0.6) is 0 Å². The minimum absolute atomic E-state index is 0.0260. The molecule has 4 rings (SSSR count). The molecular formula is C31H48N2O6SSi. The number of nitrogens with zero attached hydrogens (tertiary/aromatic N) is 2. The molecule has 0 radical (unpaired) electrons. The van der Waals surface area contributed by atoms with Gasteiger partial charge in [0.1, 0.15) is 18.9 Å². The van der Waals surface area contributed by atoms with Crippen LogP contribution in [0.15, 0.2) is 36.6 Å². The Bertz CT molecular complexity index is 1080. The maximum absolute atomic E-state index is 13.7. The van der Waals surface area contributed by atoms with Gasteiger partial charge in [0.25, 0.3) is 0 Å². The van der Waals surface area contributed by atoms with E-state index in [1.807, 2.05) is 18.7 Å². The Labute approximate surface area is 251 Å². The molecule has 6 atom stereocenters. The van der Waals surface area contributed by atoms with Crippen LogP contribution in [0.3, 0.4) is 0 Å². The Hall–Kier alpha value is -2.04. The van der Waals surface area contributed by atoms with E-state index in [4.69, 9.17) is 13.9 Å². The molecule has 3 fully saturated rings. The number of fused-ring (bicyclic) bond motifs is 3. The monoisotopic (exact) mass is 604 g/mol. The summed E-state index contributed by atoms with van der Waals surface area (Å²) < 4.78 is 17.5. The summed E-state index contributed by atoms with van der Waals surface area (Å²) in [4.78, 5) is 43.0. The molecule has 1 saturated carbocycles. The molecule has 228 valence electrons. The Morgan fingerprint density at radius 1 is 1.12 bits per heavy atom. The van der Waals surface area contributed by atoms with Gasteiger partial charge in [0.05, 0.1) is 18.1 Å². The molecule has 41 heavy (non-hydrogen) atoms. The quantitative estimate of drug-likeness (QED) is 0.128. The number of hydrogen-bond acceptors (Lipinski definition) is 7. The number of esters is 1. The van der Waals surface area contributed by atoms with Crippen molar-refractivity contribution in [2.45, 2.75) is 88.9 Å². The van der Waals surface area contributed by atoms with Crippen molar-refractivity contribution < 1.29 is 28.3 Å². The van der Waals surface area contributed by atoms with E-state index in [1.165, 1.54) is 0 Å². The third kappa shape index (κ3) is 6.34. The van der Waals surface area contributed by atoms with Gasteiger partial charge in [-0.3, -0.25) is 4.79 Å². The van der Waals surface area contributed by atoms with Crippen molar-refractivity contribution in [3.8, 4) is 0 Å². The number of β-lactam (4-membered cyclic amide) rings is 1. The first-order valence-corrected chi connectivity index (χ1v) is 18.9. The molecule has 8 nitrogen and oxygen atoms in total. The van der Waals surface area contributed by atoms with Crippen LogP contribution in [0, 0.1) is 17.8 Å². The minimum Gasteiger partial charge on any atom is -0.457 e. The zero-order valence-electron chi connectivity index (χ0n) is 25.6. The SMILES string of the molecule is C=CCOC(=O)C1=C2[C@@H](SC[C@@H]3CCN(C(=O)OCC=C)C3)CCC[C@H]2[C@@H]2[C@@H]([C@@H](C)O[Si](C)(C)C(C)(C)C)C(=O)N12. The average Bonchev–Trinajstić information content (AvgIpc) is 3.49. The minimum atomic E-state index is -2.08. The molecule has 0 unspecified atom stereocenters. The Morgan fingerprint density at radius 3 is 2.46 bits per heavy atom. The predicted molar refractivity (Wildman–Crippen MR) is 165 cm³/mol. The summed E-state index contributed by atoms with van der Waals surface area (Å²) in [5.41, 5.74) is 1.54. The van der Waals surface area contributed by atoms with E-state index in [-0.39, 0.29) is 59.5 Å². The first-order valence-electron chi connectivity index (χ1n) is 15.0. The van der Waals surface area contributed by atoms with E-state index in [0.717, 1.165) is 37.0 Å². The topological polar surface area (TPSA) is 85.4 Å². The van der Waals surface area contributed by atoms with Crippen LogP contribution in [0.4, 0.5) is 4.79 Å². The number of amides is 2. The summed E-state index contributed by atoms with van der Waals surface area (Å²) in [6.07, 6.45) is 6.52. The molecule has 4 aliphatic rings. The lowest BCUT2D eigenvalue weighted by Gasteiger charge is -2.51.